The molecule has 1 atom stereocenters. The summed E-state index contributed by atoms with van der Waals surface area (Å²) < 4.78 is 23.6. The van der Waals surface area contributed by atoms with E-state index in [0.717, 1.165) is 0 Å². The Balaban J connectivity index is 2.35. The molecule has 76 valence electrons. The van der Waals surface area contributed by atoms with E-state index in [1.54, 1.807) is 19.1 Å². The molecule has 1 aliphatic heterocycles. The van der Waals surface area contributed by atoms with E-state index in [1.165, 1.54) is 0 Å². The predicted octanol–water partition coefficient (Wildman–Crippen LogP) is 1.48. The van der Waals surface area contributed by atoms with Crippen molar-refractivity contribution in [3.63, 3.8) is 0 Å². The van der Waals surface area contributed by atoms with E-state index in [2.05, 4.69) is 0 Å². The molecule has 1 N–H and O–H groups in total. The number of aliphatic hydroxyl groups is 1. The Labute approximate surface area is 81.1 Å². The summed E-state index contributed by atoms with van der Waals surface area (Å²) in [5.74, 6) is 0.154. The lowest BCUT2D eigenvalue weighted by Gasteiger charge is -2.07. The van der Waals surface area contributed by atoms with E-state index in [9.17, 15) is 4.39 Å². The fourth-order valence-corrected chi connectivity index (χ4v) is 1.46. The zero-order chi connectivity index (χ0) is 10.1. The van der Waals surface area contributed by atoms with E-state index >= 15 is 0 Å². The third-order valence-corrected chi connectivity index (χ3v) is 2.07. The van der Waals surface area contributed by atoms with E-state index in [-0.39, 0.29) is 19.0 Å². The first-order valence-corrected chi connectivity index (χ1v) is 4.43. The van der Waals surface area contributed by atoms with Crippen molar-refractivity contribution in [2.75, 3.05) is 6.79 Å². The number of hydrogen-bond donors (Lipinski definition) is 1. The fraction of sp³-hybridized carbons (Fsp3) is 0.400. The summed E-state index contributed by atoms with van der Waals surface area (Å²) in [6.45, 7) is 1.68. The van der Waals surface area contributed by atoms with Crippen molar-refractivity contribution in [2.24, 2.45) is 0 Å². The highest BCUT2D eigenvalue weighted by molar-refractivity contribution is 5.46. The Morgan fingerprint density at radius 2 is 2.29 bits per heavy atom. The van der Waals surface area contributed by atoms with Gasteiger partial charge in [-0.05, 0) is 18.6 Å². The van der Waals surface area contributed by atoms with Crippen LogP contribution in [0.2, 0.25) is 0 Å². The van der Waals surface area contributed by atoms with Crippen LogP contribution in [-0.2, 0) is 6.42 Å². The smallest absolute Gasteiger partial charge is 0.231 e. The molecule has 3 nitrogen and oxygen atoms in total. The van der Waals surface area contributed by atoms with Crippen LogP contribution in [0.1, 0.15) is 12.5 Å². The van der Waals surface area contributed by atoms with Gasteiger partial charge in [-0.3, -0.25) is 0 Å². The lowest BCUT2D eigenvalue weighted by atomic mass is 10.1. The Morgan fingerprint density at radius 3 is 3.00 bits per heavy atom. The van der Waals surface area contributed by atoms with Gasteiger partial charge in [0.05, 0.1) is 6.10 Å². The highest BCUT2D eigenvalue weighted by atomic mass is 19.1. The van der Waals surface area contributed by atoms with Gasteiger partial charge in [0, 0.05) is 6.42 Å². The number of benzene rings is 1. The number of ether oxygens (including phenoxy) is 2. The zero-order valence-corrected chi connectivity index (χ0v) is 7.79. The van der Waals surface area contributed by atoms with Crippen molar-refractivity contribution in [1.82, 2.24) is 0 Å². The van der Waals surface area contributed by atoms with Crippen LogP contribution in [-0.4, -0.2) is 18.0 Å². The third kappa shape index (κ3) is 1.53. The van der Waals surface area contributed by atoms with Crippen molar-refractivity contribution in [2.45, 2.75) is 19.4 Å². The van der Waals surface area contributed by atoms with Crippen molar-refractivity contribution in [3.8, 4) is 11.5 Å². The summed E-state index contributed by atoms with van der Waals surface area (Å²) in [5, 5.41) is 9.14. The summed E-state index contributed by atoms with van der Waals surface area (Å²) in [4.78, 5) is 0. The molecule has 0 aromatic heterocycles. The summed E-state index contributed by atoms with van der Waals surface area (Å²) in [5.41, 5.74) is 0.448. The number of aliphatic hydroxyl groups excluding tert-OH is 1. The standard InChI is InChI=1S/C10H11FO3/c1-6(12)4-7-2-3-8-10(9(7)11)14-5-13-8/h2-3,6,12H,4-5H2,1H3. The van der Waals surface area contributed by atoms with Gasteiger partial charge in [-0.2, -0.15) is 0 Å². The fourth-order valence-electron chi connectivity index (χ4n) is 1.46. The average Bonchev–Trinajstić information content (AvgIpc) is 2.57. The molecule has 4 heteroatoms. The SMILES string of the molecule is CC(O)Cc1ccc2c(c1F)OCO2. The molecule has 0 aliphatic carbocycles. The van der Waals surface area contributed by atoms with Crippen LogP contribution in [0.25, 0.3) is 0 Å². The van der Waals surface area contributed by atoms with Gasteiger partial charge < -0.3 is 14.6 Å². The number of halogens is 1. The second kappa shape index (κ2) is 3.46. The highest BCUT2D eigenvalue weighted by Gasteiger charge is 2.21. The van der Waals surface area contributed by atoms with Gasteiger partial charge in [0.15, 0.2) is 11.6 Å². The first-order valence-electron chi connectivity index (χ1n) is 4.43. The first-order chi connectivity index (χ1) is 6.68. The van der Waals surface area contributed by atoms with E-state index < -0.39 is 11.9 Å². The number of hydrogen-bond acceptors (Lipinski definition) is 3. The third-order valence-electron chi connectivity index (χ3n) is 2.07. The maximum atomic E-state index is 13.6. The van der Waals surface area contributed by atoms with Crippen molar-refractivity contribution in [3.05, 3.63) is 23.5 Å². The van der Waals surface area contributed by atoms with E-state index in [1.807, 2.05) is 0 Å². The number of fused-ring (bicyclic) bond motifs is 1. The molecular formula is C10H11FO3. The van der Waals surface area contributed by atoms with Gasteiger partial charge in [0.25, 0.3) is 0 Å². The van der Waals surface area contributed by atoms with Crippen LogP contribution < -0.4 is 9.47 Å². The molecule has 2 rings (SSSR count). The molecule has 0 amide bonds. The summed E-state index contributed by atoms with van der Waals surface area (Å²) in [7, 11) is 0. The van der Waals surface area contributed by atoms with Gasteiger partial charge in [-0.1, -0.05) is 6.07 Å². The van der Waals surface area contributed by atoms with Gasteiger partial charge in [0.1, 0.15) is 0 Å². The molecule has 1 aromatic rings. The van der Waals surface area contributed by atoms with Crippen LogP contribution in [0.3, 0.4) is 0 Å². The molecule has 1 heterocycles. The Bertz CT molecular complexity index is 349. The molecule has 0 saturated carbocycles. The molecule has 0 spiro atoms. The molecule has 1 aliphatic rings. The summed E-state index contributed by atoms with van der Waals surface area (Å²) in [6, 6.07) is 3.26. The molecular weight excluding hydrogens is 187 g/mol. The zero-order valence-electron chi connectivity index (χ0n) is 7.79. The van der Waals surface area contributed by atoms with Crippen LogP contribution in [0.5, 0.6) is 11.5 Å². The largest absolute Gasteiger partial charge is 0.453 e. The maximum Gasteiger partial charge on any atom is 0.231 e. The Kier molecular flexibility index (Phi) is 2.29. The summed E-state index contributed by atoms with van der Waals surface area (Å²) in [6.07, 6.45) is -0.285. The van der Waals surface area contributed by atoms with Crippen molar-refractivity contribution < 1.29 is 19.0 Å². The van der Waals surface area contributed by atoms with Crippen molar-refractivity contribution >= 4 is 0 Å². The minimum absolute atomic E-state index is 0.0599. The van der Waals surface area contributed by atoms with Crippen LogP contribution in [0.15, 0.2) is 12.1 Å². The molecule has 0 fully saturated rings. The first kappa shape index (κ1) is 9.27. The second-order valence-electron chi connectivity index (χ2n) is 3.33. The van der Waals surface area contributed by atoms with Crippen LogP contribution >= 0.6 is 0 Å². The topological polar surface area (TPSA) is 38.7 Å². The Hall–Kier alpha value is -1.29. The van der Waals surface area contributed by atoms with Gasteiger partial charge in [-0.15, -0.1) is 0 Å². The molecule has 1 aromatic carbocycles. The van der Waals surface area contributed by atoms with Gasteiger partial charge >= 0.3 is 0 Å². The molecule has 1 unspecified atom stereocenters. The molecule has 0 saturated heterocycles. The number of rotatable bonds is 2. The lowest BCUT2D eigenvalue weighted by Crippen LogP contribution is -2.06. The molecule has 0 radical (unpaired) electrons. The van der Waals surface area contributed by atoms with Gasteiger partial charge in [0.2, 0.25) is 12.5 Å². The minimum atomic E-state index is -0.565. The second-order valence-corrected chi connectivity index (χ2v) is 3.33. The minimum Gasteiger partial charge on any atom is -0.453 e. The maximum absolute atomic E-state index is 13.6. The lowest BCUT2D eigenvalue weighted by molar-refractivity contribution is 0.170. The van der Waals surface area contributed by atoms with Crippen molar-refractivity contribution in [1.29, 1.82) is 0 Å². The van der Waals surface area contributed by atoms with Gasteiger partial charge in [-0.25, -0.2) is 4.39 Å². The van der Waals surface area contributed by atoms with E-state index in [4.69, 9.17) is 14.6 Å². The van der Waals surface area contributed by atoms with Crippen LogP contribution in [0.4, 0.5) is 4.39 Å². The van der Waals surface area contributed by atoms with Crippen LogP contribution in [0, 0.1) is 5.82 Å². The highest BCUT2D eigenvalue weighted by Crippen LogP contribution is 2.36. The average molecular weight is 198 g/mol. The normalized spacial score (nSPS) is 15.6. The van der Waals surface area contributed by atoms with E-state index in [0.29, 0.717) is 11.3 Å². The quantitative estimate of drug-likeness (QED) is 0.782. The Morgan fingerprint density at radius 1 is 1.50 bits per heavy atom. The molecule has 14 heavy (non-hydrogen) atoms. The summed E-state index contributed by atoms with van der Waals surface area (Å²) >= 11 is 0. The predicted molar refractivity (Wildman–Crippen MR) is 47.9 cm³/mol. The monoisotopic (exact) mass is 198 g/mol. The molecule has 0 bridgehead atoms.